The lowest BCUT2D eigenvalue weighted by atomic mass is 10.2. The van der Waals surface area contributed by atoms with E-state index in [1.807, 2.05) is 37.3 Å². The van der Waals surface area contributed by atoms with Crippen molar-refractivity contribution in [3.63, 3.8) is 0 Å². The third kappa shape index (κ3) is 5.49. The molecule has 5 nitrogen and oxygen atoms in total. The predicted octanol–water partition coefficient (Wildman–Crippen LogP) is 3.88. The van der Waals surface area contributed by atoms with Crippen LogP contribution < -0.4 is 9.47 Å². The van der Waals surface area contributed by atoms with Gasteiger partial charge in [-0.25, -0.2) is 9.59 Å². The molecule has 130 valence electrons. The molecule has 0 atom stereocenters. The maximum absolute atomic E-state index is 12.0. The van der Waals surface area contributed by atoms with Crippen molar-refractivity contribution in [2.45, 2.75) is 13.3 Å². The lowest BCUT2D eigenvalue weighted by Crippen LogP contribution is -2.08. The third-order valence-corrected chi connectivity index (χ3v) is 3.26. The molecule has 0 unspecified atom stereocenters. The number of benzene rings is 2. The van der Waals surface area contributed by atoms with Gasteiger partial charge < -0.3 is 14.2 Å². The minimum atomic E-state index is -0.538. The van der Waals surface area contributed by atoms with Crippen LogP contribution in [0.3, 0.4) is 0 Å². The monoisotopic (exact) mass is 340 g/mol. The second kappa shape index (κ2) is 9.27. The maximum Gasteiger partial charge on any atom is 0.338 e. The van der Waals surface area contributed by atoms with Crippen LogP contribution in [0.2, 0.25) is 0 Å². The number of methoxy groups -OCH3 is 1. The van der Waals surface area contributed by atoms with Crippen LogP contribution in [0.5, 0.6) is 11.5 Å². The average molecular weight is 340 g/mol. The lowest BCUT2D eigenvalue weighted by Gasteiger charge is -2.10. The molecular formula is C20H20O5. The molecule has 2 rings (SSSR count). The van der Waals surface area contributed by atoms with E-state index in [1.165, 1.54) is 31.4 Å². The van der Waals surface area contributed by atoms with Crippen LogP contribution in [-0.2, 0) is 9.53 Å². The van der Waals surface area contributed by atoms with E-state index in [0.717, 1.165) is 12.0 Å². The van der Waals surface area contributed by atoms with E-state index in [0.29, 0.717) is 12.2 Å². The summed E-state index contributed by atoms with van der Waals surface area (Å²) in [6.45, 7) is 2.27. The summed E-state index contributed by atoms with van der Waals surface area (Å²) in [5.74, 6) is -0.463. The SMILES string of the molecule is CCCOC(=O)c1ccc(OC(=O)/C=C/c2ccccc2)c(OC)c1. The average Bonchev–Trinajstić information content (AvgIpc) is 2.65. The van der Waals surface area contributed by atoms with Crippen molar-refractivity contribution in [3.05, 3.63) is 65.7 Å². The summed E-state index contributed by atoms with van der Waals surface area (Å²) < 4.78 is 15.5. The Kier molecular flexibility index (Phi) is 6.77. The zero-order valence-corrected chi connectivity index (χ0v) is 14.2. The van der Waals surface area contributed by atoms with Crippen molar-refractivity contribution >= 4 is 18.0 Å². The van der Waals surface area contributed by atoms with Crippen molar-refractivity contribution < 1.29 is 23.8 Å². The highest BCUT2D eigenvalue weighted by molar-refractivity contribution is 5.91. The maximum atomic E-state index is 12.0. The number of ether oxygens (including phenoxy) is 3. The third-order valence-electron chi connectivity index (χ3n) is 3.26. The highest BCUT2D eigenvalue weighted by Gasteiger charge is 2.13. The molecule has 0 aliphatic carbocycles. The van der Waals surface area contributed by atoms with E-state index in [2.05, 4.69) is 0 Å². The molecule has 0 aromatic heterocycles. The topological polar surface area (TPSA) is 61.8 Å². The Morgan fingerprint density at radius 1 is 1.04 bits per heavy atom. The first-order chi connectivity index (χ1) is 12.1. The van der Waals surface area contributed by atoms with Gasteiger partial charge in [-0.1, -0.05) is 37.3 Å². The van der Waals surface area contributed by atoms with E-state index in [1.54, 1.807) is 6.08 Å². The predicted molar refractivity (Wildman–Crippen MR) is 94.7 cm³/mol. The molecule has 0 saturated carbocycles. The Labute approximate surface area is 146 Å². The molecule has 0 N–H and O–H groups in total. The molecule has 0 heterocycles. The fourth-order valence-corrected chi connectivity index (χ4v) is 2.03. The Balaban J connectivity index is 2.07. The molecule has 0 radical (unpaired) electrons. The Bertz CT molecular complexity index is 750. The minimum absolute atomic E-state index is 0.234. The Morgan fingerprint density at radius 2 is 1.80 bits per heavy atom. The number of esters is 2. The van der Waals surface area contributed by atoms with Crippen molar-refractivity contribution in [2.24, 2.45) is 0 Å². The van der Waals surface area contributed by atoms with Gasteiger partial charge in [0.15, 0.2) is 11.5 Å². The van der Waals surface area contributed by atoms with Crippen LogP contribution in [0.15, 0.2) is 54.6 Å². The first kappa shape index (κ1) is 18.3. The van der Waals surface area contributed by atoms with Crippen LogP contribution in [0.1, 0.15) is 29.3 Å². The van der Waals surface area contributed by atoms with E-state index in [9.17, 15) is 9.59 Å². The van der Waals surface area contributed by atoms with Gasteiger partial charge in [0.1, 0.15) is 0 Å². The van der Waals surface area contributed by atoms with E-state index >= 15 is 0 Å². The Morgan fingerprint density at radius 3 is 2.48 bits per heavy atom. The fourth-order valence-electron chi connectivity index (χ4n) is 2.03. The van der Waals surface area contributed by atoms with Crippen LogP contribution in [-0.4, -0.2) is 25.7 Å². The summed E-state index contributed by atoms with van der Waals surface area (Å²) in [5, 5.41) is 0. The van der Waals surface area contributed by atoms with Crippen LogP contribution in [0.4, 0.5) is 0 Å². The second-order valence-electron chi connectivity index (χ2n) is 5.17. The molecule has 0 saturated heterocycles. The molecular weight excluding hydrogens is 320 g/mol. The molecule has 0 aliphatic rings. The van der Waals surface area contributed by atoms with Gasteiger partial charge in [0.2, 0.25) is 0 Å². The number of hydrogen-bond acceptors (Lipinski definition) is 5. The summed E-state index contributed by atoms with van der Waals surface area (Å²) in [4.78, 5) is 23.8. The normalized spacial score (nSPS) is 10.5. The van der Waals surface area contributed by atoms with Crippen LogP contribution >= 0.6 is 0 Å². The van der Waals surface area contributed by atoms with Crippen molar-refractivity contribution in [1.82, 2.24) is 0 Å². The van der Waals surface area contributed by atoms with Gasteiger partial charge in [0, 0.05) is 6.08 Å². The molecule has 0 aliphatic heterocycles. The molecule has 25 heavy (non-hydrogen) atoms. The molecule has 2 aromatic rings. The van der Waals surface area contributed by atoms with Gasteiger partial charge in [-0.3, -0.25) is 0 Å². The van der Waals surface area contributed by atoms with Crippen LogP contribution in [0.25, 0.3) is 6.08 Å². The number of hydrogen-bond donors (Lipinski definition) is 0. The second-order valence-corrected chi connectivity index (χ2v) is 5.17. The molecule has 0 amide bonds. The fraction of sp³-hybridized carbons (Fsp3) is 0.200. The molecule has 0 bridgehead atoms. The Hall–Kier alpha value is -3.08. The summed E-state index contributed by atoms with van der Waals surface area (Å²) in [5.41, 5.74) is 1.23. The van der Waals surface area contributed by atoms with Crippen molar-refractivity contribution in [1.29, 1.82) is 0 Å². The standard InChI is InChI=1S/C20H20O5/c1-3-13-24-20(22)16-10-11-17(18(14-16)23-2)25-19(21)12-9-15-7-5-4-6-8-15/h4-12,14H,3,13H2,1-2H3/b12-9+. The van der Waals surface area contributed by atoms with Crippen LogP contribution in [0, 0.1) is 0 Å². The summed E-state index contributed by atoms with van der Waals surface area (Å²) >= 11 is 0. The van der Waals surface area contributed by atoms with Gasteiger partial charge in [-0.05, 0) is 36.3 Å². The van der Waals surface area contributed by atoms with Gasteiger partial charge >= 0.3 is 11.9 Å². The first-order valence-electron chi connectivity index (χ1n) is 7.94. The van der Waals surface area contributed by atoms with Gasteiger partial charge in [-0.2, -0.15) is 0 Å². The number of rotatable bonds is 7. The zero-order chi connectivity index (χ0) is 18.1. The first-order valence-corrected chi connectivity index (χ1v) is 7.94. The lowest BCUT2D eigenvalue weighted by molar-refractivity contribution is -0.129. The van der Waals surface area contributed by atoms with Gasteiger partial charge in [0.05, 0.1) is 19.3 Å². The molecule has 2 aromatic carbocycles. The highest BCUT2D eigenvalue weighted by Crippen LogP contribution is 2.28. The highest BCUT2D eigenvalue weighted by atomic mass is 16.6. The van der Waals surface area contributed by atoms with Gasteiger partial charge in [-0.15, -0.1) is 0 Å². The summed E-state index contributed by atoms with van der Waals surface area (Å²) in [6, 6.07) is 13.9. The van der Waals surface area contributed by atoms with Crippen molar-refractivity contribution in [2.75, 3.05) is 13.7 Å². The number of carbonyl (C=O) groups is 2. The summed E-state index contributed by atoms with van der Waals surface area (Å²) in [7, 11) is 1.44. The van der Waals surface area contributed by atoms with E-state index in [-0.39, 0.29) is 11.5 Å². The van der Waals surface area contributed by atoms with E-state index in [4.69, 9.17) is 14.2 Å². The number of carbonyl (C=O) groups excluding carboxylic acids is 2. The van der Waals surface area contributed by atoms with Crippen molar-refractivity contribution in [3.8, 4) is 11.5 Å². The zero-order valence-electron chi connectivity index (χ0n) is 14.2. The largest absolute Gasteiger partial charge is 0.493 e. The minimum Gasteiger partial charge on any atom is -0.493 e. The molecule has 0 fully saturated rings. The quantitative estimate of drug-likeness (QED) is 0.435. The smallest absolute Gasteiger partial charge is 0.338 e. The van der Waals surface area contributed by atoms with E-state index < -0.39 is 11.9 Å². The molecule has 5 heteroatoms. The summed E-state index contributed by atoms with van der Waals surface area (Å²) in [6.07, 6.45) is 3.73. The molecule has 0 spiro atoms. The van der Waals surface area contributed by atoms with Gasteiger partial charge in [0.25, 0.3) is 0 Å².